The molecule has 0 aromatic heterocycles. The lowest BCUT2D eigenvalue weighted by molar-refractivity contribution is -0.132. The molecule has 1 aliphatic heterocycles. The number of hydrogen-bond donors (Lipinski definition) is 1. The Balaban J connectivity index is 2.48. The van der Waals surface area contributed by atoms with E-state index in [1.54, 1.807) is 7.05 Å². The van der Waals surface area contributed by atoms with Gasteiger partial charge < -0.3 is 10.6 Å². The van der Waals surface area contributed by atoms with Gasteiger partial charge in [0.05, 0.1) is 21.7 Å². The van der Waals surface area contributed by atoms with Crippen LogP contribution in [0.5, 0.6) is 0 Å². The maximum Gasteiger partial charge on any atom is 0.246 e. The summed E-state index contributed by atoms with van der Waals surface area (Å²) in [7, 11) is -2.61. The molecule has 0 atom stereocenters. The Morgan fingerprint density at radius 1 is 1.43 bits per heavy atom. The van der Waals surface area contributed by atoms with Gasteiger partial charge in [-0.05, 0) is 22.0 Å². The Kier molecular flexibility index (Phi) is 4.48. The first-order valence-corrected chi connectivity index (χ1v) is 8.44. The summed E-state index contributed by atoms with van der Waals surface area (Å²) in [6.45, 7) is -0.0249. The van der Waals surface area contributed by atoms with Crippen molar-refractivity contribution in [2.24, 2.45) is 0 Å². The maximum absolute atomic E-state index is 14.2. The van der Waals surface area contributed by atoms with E-state index in [0.717, 1.165) is 10.4 Å². The Labute approximate surface area is 134 Å². The molecule has 0 spiro atoms. The van der Waals surface area contributed by atoms with E-state index in [1.807, 2.05) is 0 Å². The summed E-state index contributed by atoms with van der Waals surface area (Å²) in [6.07, 6.45) is 0. The number of hydrogen-bond acceptors (Lipinski definition) is 4. The molecule has 1 aromatic carbocycles. The van der Waals surface area contributed by atoms with Crippen LogP contribution >= 0.6 is 27.5 Å². The van der Waals surface area contributed by atoms with Crippen LogP contribution < -0.4 is 5.73 Å². The first kappa shape index (κ1) is 16.5. The lowest BCUT2D eigenvalue weighted by atomic mass is 10.3. The van der Waals surface area contributed by atoms with E-state index in [2.05, 4.69) is 15.9 Å². The van der Waals surface area contributed by atoms with Crippen LogP contribution in [-0.4, -0.2) is 50.2 Å². The van der Waals surface area contributed by atoms with E-state index in [0.29, 0.717) is 0 Å². The SMILES string of the molecule is CN1CCN(S(=O)(=O)c2cc(Cl)c(Br)c(N)c2F)CC1=O. The number of nitrogens with zero attached hydrogens (tertiary/aromatic N) is 2. The van der Waals surface area contributed by atoms with Crippen molar-refractivity contribution in [3.8, 4) is 0 Å². The van der Waals surface area contributed by atoms with Gasteiger partial charge in [0.1, 0.15) is 4.90 Å². The number of piperazine rings is 1. The van der Waals surface area contributed by atoms with E-state index < -0.39 is 20.7 Å². The monoisotopic (exact) mass is 399 g/mol. The van der Waals surface area contributed by atoms with Crippen molar-refractivity contribution in [2.75, 3.05) is 32.4 Å². The summed E-state index contributed by atoms with van der Waals surface area (Å²) in [5, 5.41) is -0.0204. The molecule has 1 aromatic rings. The molecule has 1 fully saturated rings. The summed E-state index contributed by atoms with van der Waals surface area (Å²) in [5.41, 5.74) is 5.11. The molecule has 0 aliphatic carbocycles. The maximum atomic E-state index is 14.2. The third kappa shape index (κ3) is 2.87. The molecule has 21 heavy (non-hydrogen) atoms. The number of benzene rings is 1. The highest BCUT2D eigenvalue weighted by molar-refractivity contribution is 9.10. The number of halogens is 3. The zero-order valence-electron chi connectivity index (χ0n) is 10.9. The van der Waals surface area contributed by atoms with Gasteiger partial charge in [-0.15, -0.1) is 0 Å². The minimum absolute atomic E-state index is 0.0204. The topological polar surface area (TPSA) is 83.7 Å². The van der Waals surface area contributed by atoms with Crippen LogP contribution in [0.1, 0.15) is 0 Å². The van der Waals surface area contributed by atoms with E-state index in [9.17, 15) is 17.6 Å². The van der Waals surface area contributed by atoms with Crippen LogP contribution in [0, 0.1) is 5.82 Å². The van der Waals surface area contributed by atoms with Gasteiger partial charge >= 0.3 is 0 Å². The summed E-state index contributed by atoms with van der Waals surface area (Å²) in [5.74, 6) is -1.45. The molecular weight excluding hydrogens is 389 g/mol. The Morgan fingerprint density at radius 2 is 2.05 bits per heavy atom. The van der Waals surface area contributed by atoms with Crippen molar-refractivity contribution in [3.63, 3.8) is 0 Å². The largest absolute Gasteiger partial charge is 0.395 e. The van der Waals surface area contributed by atoms with Crippen molar-refractivity contribution in [2.45, 2.75) is 4.90 Å². The molecule has 0 saturated carbocycles. The second-order valence-corrected chi connectivity index (χ2v) is 7.66. The second-order valence-electron chi connectivity index (χ2n) is 4.55. The summed E-state index contributed by atoms with van der Waals surface area (Å²) >= 11 is 8.81. The van der Waals surface area contributed by atoms with Gasteiger partial charge in [0.2, 0.25) is 15.9 Å². The molecule has 0 radical (unpaired) electrons. The normalized spacial score (nSPS) is 17.3. The van der Waals surface area contributed by atoms with Crippen molar-refractivity contribution in [1.29, 1.82) is 0 Å². The molecule has 0 bridgehead atoms. The highest BCUT2D eigenvalue weighted by Gasteiger charge is 2.34. The van der Waals surface area contributed by atoms with Crippen LogP contribution in [0.15, 0.2) is 15.4 Å². The zero-order valence-corrected chi connectivity index (χ0v) is 14.1. The van der Waals surface area contributed by atoms with Crippen molar-refractivity contribution >= 4 is 49.1 Å². The number of likely N-dealkylation sites (N-methyl/N-ethyl adjacent to an activating group) is 1. The Bertz CT molecular complexity index is 713. The van der Waals surface area contributed by atoms with Crippen molar-refractivity contribution < 1.29 is 17.6 Å². The van der Waals surface area contributed by atoms with E-state index in [4.69, 9.17) is 17.3 Å². The third-order valence-corrected chi connectivity index (χ3v) is 6.42. The predicted molar refractivity (Wildman–Crippen MR) is 79.9 cm³/mol. The van der Waals surface area contributed by atoms with Gasteiger partial charge in [-0.3, -0.25) is 4.79 Å². The number of amides is 1. The number of anilines is 1. The van der Waals surface area contributed by atoms with Gasteiger partial charge in [-0.2, -0.15) is 4.31 Å². The molecular formula is C11H12BrClFN3O3S. The van der Waals surface area contributed by atoms with Crippen LogP contribution in [-0.2, 0) is 14.8 Å². The van der Waals surface area contributed by atoms with Gasteiger partial charge in [0.25, 0.3) is 0 Å². The fourth-order valence-electron chi connectivity index (χ4n) is 1.87. The molecule has 2 N–H and O–H groups in total. The number of rotatable bonds is 2. The highest BCUT2D eigenvalue weighted by atomic mass is 79.9. The van der Waals surface area contributed by atoms with Crippen LogP contribution in [0.25, 0.3) is 0 Å². The van der Waals surface area contributed by atoms with E-state index >= 15 is 0 Å². The average Bonchev–Trinajstić information content (AvgIpc) is 2.43. The van der Waals surface area contributed by atoms with Gasteiger partial charge in [0.15, 0.2) is 5.82 Å². The fourth-order valence-corrected chi connectivity index (χ4v) is 3.92. The van der Waals surface area contributed by atoms with E-state index in [-0.39, 0.29) is 40.7 Å². The number of nitrogen functional groups attached to an aromatic ring is 1. The number of carbonyl (C=O) groups excluding carboxylic acids is 1. The first-order chi connectivity index (χ1) is 9.66. The van der Waals surface area contributed by atoms with Gasteiger partial charge in [-0.25, -0.2) is 12.8 Å². The highest BCUT2D eigenvalue weighted by Crippen LogP contribution is 2.35. The van der Waals surface area contributed by atoms with E-state index in [1.165, 1.54) is 4.90 Å². The van der Waals surface area contributed by atoms with Crippen LogP contribution in [0.4, 0.5) is 10.1 Å². The van der Waals surface area contributed by atoms with Crippen LogP contribution in [0.3, 0.4) is 0 Å². The molecule has 6 nitrogen and oxygen atoms in total. The molecule has 0 unspecified atom stereocenters. The summed E-state index contributed by atoms with van der Waals surface area (Å²) in [6, 6.07) is 0.982. The minimum Gasteiger partial charge on any atom is -0.395 e. The molecule has 116 valence electrons. The van der Waals surface area contributed by atoms with Gasteiger partial charge in [0, 0.05) is 20.1 Å². The zero-order chi connectivity index (χ0) is 15.9. The predicted octanol–water partition coefficient (Wildman–Crippen LogP) is 1.29. The van der Waals surface area contributed by atoms with Crippen molar-refractivity contribution in [3.05, 3.63) is 21.4 Å². The number of sulfonamides is 1. The molecule has 10 heteroatoms. The lowest BCUT2D eigenvalue weighted by Crippen LogP contribution is -2.50. The third-order valence-electron chi connectivity index (χ3n) is 3.20. The fraction of sp³-hybridized carbons (Fsp3) is 0.364. The molecule has 2 rings (SSSR count). The summed E-state index contributed by atoms with van der Waals surface area (Å²) in [4.78, 5) is 12.4. The van der Waals surface area contributed by atoms with Crippen molar-refractivity contribution in [1.82, 2.24) is 9.21 Å². The molecule has 1 saturated heterocycles. The Morgan fingerprint density at radius 3 is 2.62 bits per heavy atom. The Hall–Kier alpha value is -0.900. The van der Waals surface area contributed by atoms with Gasteiger partial charge in [-0.1, -0.05) is 11.6 Å². The standard InChI is InChI=1S/C11H12BrClFN3O3S/c1-16-2-3-17(5-8(16)18)21(19,20)7-4-6(13)9(12)11(15)10(7)14/h4H,2-3,5,15H2,1H3. The quantitative estimate of drug-likeness (QED) is 0.599. The smallest absolute Gasteiger partial charge is 0.246 e. The average molecular weight is 401 g/mol. The van der Waals surface area contributed by atoms with Crippen LogP contribution in [0.2, 0.25) is 5.02 Å². The lowest BCUT2D eigenvalue weighted by Gasteiger charge is -2.31. The molecule has 1 amide bonds. The molecule has 1 aliphatic rings. The number of carbonyl (C=O) groups is 1. The molecule has 1 heterocycles. The first-order valence-electron chi connectivity index (χ1n) is 5.83. The summed E-state index contributed by atoms with van der Waals surface area (Å²) < 4.78 is 40.1. The number of nitrogens with two attached hydrogens (primary N) is 1. The second kappa shape index (κ2) is 5.71. The minimum atomic E-state index is -4.19.